The van der Waals surface area contributed by atoms with Gasteiger partial charge in [-0.2, -0.15) is 0 Å². The van der Waals surface area contributed by atoms with Gasteiger partial charge in [0.1, 0.15) is 0 Å². The lowest BCUT2D eigenvalue weighted by Crippen LogP contribution is -2.35. The Morgan fingerprint density at radius 3 is 2.07 bits per heavy atom. The SMILES string of the molecule is CNC(=O)N(C)c1c(C)cc(C)cc1C. The van der Waals surface area contributed by atoms with Gasteiger partial charge < -0.3 is 5.32 Å². The van der Waals surface area contributed by atoms with E-state index in [9.17, 15) is 4.79 Å². The molecular formula is C12H18N2O. The third-order valence-electron chi connectivity index (χ3n) is 2.49. The highest BCUT2D eigenvalue weighted by Crippen LogP contribution is 2.25. The van der Waals surface area contributed by atoms with Crippen molar-refractivity contribution >= 4 is 11.7 Å². The maximum Gasteiger partial charge on any atom is 0.321 e. The second kappa shape index (κ2) is 4.34. The lowest BCUT2D eigenvalue weighted by molar-refractivity contribution is 0.249. The smallest absolute Gasteiger partial charge is 0.321 e. The zero-order chi connectivity index (χ0) is 11.6. The van der Waals surface area contributed by atoms with Gasteiger partial charge in [0.05, 0.1) is 5.69 Å². The van der Waals surface area contributed by atoms with Crippen molar-refractivity contribution in [3.05, 3.63) is 28.8 Å². The Morgan fingerprint density at radius 2 is 1.67 bits per heavy atom. The van der Waals surface area contributed by atoms with E-state index in [2.05, 4.69) is 24.4 Å². The van der Waals surface area contributed by atoms with Gasteiger partial charge in [0.25, 0.3) is 0 Å². The summed E-state index contributed by atoms with van der Waals surface area (Å²) in [5, 5.41) is 2.62. The molecule has 0 heterocycles. The first-order valence-corrected chi connectivity index (χ1v) is 5.00. The standard InChI is InChI=1S/C12H18N2O/c1-8-6-9(2)11(10(3)7-8)14(5)12(15)13-4/h6-7H,1-5H3,(H,13,15). The van der Waals surface area contributed by atoms with E-state index in [1.54, 1.807) is 19.0 Å². The van der Waals surface area contributed by atoms with Crippen LogP contribution >= 0.6 is 0 Å². The van der Waals surface area contributed by atoms with E-state index in [4.69, 9.17) is 0 Å². The third kappa shape index (κ3) is 2.29. The fraction of sp³-hybridized carbons (Fsp3) is 0.417. The van der Waals surface area contributed by atoms with Crippen molar-refractivity contribution in [3.8, 4) is 0 Å². The molecule has 0 aromatic heterocycles. The average Bonchev–Trinajstić information content (AvgIpc) is 2.14. The molecule has 1 aromatic rings. The monoisotopic (exact) mass is 206 g/mol. The average molecular weight is 206 g/mol. The number of aryl methyl sites for hydroxylation is 3. The van der Waals surface area contributed by atoms with E-state index < -0.39 is 0 Å². The normalized spacial score (nSPS) is 9.93. The van der Waals surface area contributed by atoms with Crippen molar-refractivity contribution in [1.82, 2.24) is 5.32 Å². The van der Waals surface area contributed by atoms with Gasteiger partial charge in [0, 0.05) is 14.1 Å². The Labute approximate surface area is 91.1 Å². The number of hydrogen-bond donors (Lipinski definition) is 1. The maximum atomic E-state index is 11.5. The number of amides is 2. The minimum Gasteiger partial charge on any atom is -0.341 e. The van der Waals surface area contributed by atoms with Crippen LogP contribution < -0.4 is 10.2 Å². The van der Waals surface area contributed by atoms with Crippen LogP contribution in [0.15, 0.2) is 12.1 Å². The molecule has 1 rings (SSSR count). The molecule has 1 aromatic carbocycles. The van der Waals surface area contributed by atoms with Crippen molar-refractivity contribution in [2.24, 2.45) is 0 Å². The molecule has 0 bridgehead atoms. The van der Waals surface area contributed by atoms with Gasteiger partial charge in [-0.3, -0.25) is 4.90 Å². The molecule has 0 saturated heterocycles. The quantitative estimate of drug-likeness (QED) is 0.751. The van der Waals surface area contributed by atoms with Crippen LogP contribution in [0.1, 0.15) is 16.7 Å². The fourth-order valence-electron chi connectivity index (χ4n) is 1.97. The molecule has 0 atom stereocenters. The summed E-state index contributed by atoms with van der Waals surface area (Å²) in [5.41, 5.74) is 4.45. The molecule has 0 aliphatic carbocycles. The molecule has 0 fully saturated rings. The van der Waals surface area contributed by atoms with E-state index in [0.717, 1.165) is 16.8 Å². The zero-order valence-electron chi connectivity index (χ0n) is 10.0. The van der Waals surface area contributed by atoms with E-state index >= 15 is 0 Å². The van der Waals surface area contributed by atoms with Gasteiger partial charge in [0.2, 0.25) is 0 Å². The molecule has 0 radical (unpaired) electrons. The maximum absolute atomic E-state index is 11.5. The van der Waals surface area contributed by atoms with Gasteiger partial charge >= 0.3 is 6.03 Å². The Hall–Kier alpha value is -1.51. The van der Waals surface area contributed by atoms with Crippen molar-refractivity contribution < 1.29 is 4.79 Å². The van der Waals surface area contributed by atoms with Gasteiger partial charge in [-0.05, 0) is 31.9 Å². The minimum atomic E-state index is -0.0925. The third-order valence-corrected chi connectivity index (χ3v) is 2.49. The topological polar surface area (TPSA) is 32.3 Å². The number of benzene rings is 1. The van der Waals surface area contributed by atoms with Crippen LogP contribution in [0.3, 0.4) is 0 Å². The summed E-state index contributed by atoms with van der Waals surface area (Å²) in [6.07, 6.45) is 0. The predicted molar refractivity (Wildman–Crippen MR) is 63.5 cm³/mol. The van der Waals surface area contributed by atoms with Crippen molar-refractivity contribution in [1.29, 1.82) is 0 Å². The van der Waals surface area contributed by atoms with Crippen LogP contribution in [0.5, 0.6) is 0 Å². The number of hydrogen-bond acceptors (Lipinski definition) is 1. The highest BCUT2D eigenvalue weighted by Gasteiger charge is 2.13. The van der Waals surface area contributed by atoms with Gasteiger partial charge in [-0.25, -0.2) is 4.79 Å². The predicted octanol–water partition coefficient (Wildman–Crippen LogP) is 2.39. The van der Waals surface area contributed by atoms with Gasteiger partial charge in [0.15, 0.2) is 0 Å². The Balaban J connectivity index is 3.19. The highest BCUT2D eigenvalue weighted by molar-refractivity contribution is 5.92. The molecule has 3 heteroatoms. The number of nitrogens with one attached hydrogen (secondary N) is 1. The second-order valence-electron chi connectivity index (χ2n) is 3.86. The fourth-order valence-corrected chi connectivity index (χ4v) is 1.97. The number of carbonyl (C=O) groups excluding carboxylic acids is 1. The van der Waals surface area contributed by atoms with Crippen molar-refractivity contribution in [2.45, 2.75) is 20.8 Å². The van der Waals surface area contributed by atoms with Gasteiger partial charge in [-0.15, -0.1) is 0 Å². The van der Waals surface area contributed by atoms with E-state index in [1.165, 1.54) is 5.56 Å². The van der Waals surface area contributed by atoms with E-state index in [0.29, 0.717) is 0 Å². The molecular weight excluding hydrogens is 188 g/mol. The summed E-state index contributed by atoms with van der Waals surface area (Å²) < 4.78 is 0. The van der Waals surface area contributed by atoms with E-state index in [-0.39, 0.29) is 6.03 Å². The second-order valence-corrected chi connectivity index (χ2v) is 3.86. The Kier molecular flexibility index (Phi) is 3.35. The summed E-state index contributed by atoms with van der Waals surface area (Å²) in [6.45, 7) is 6.10. The lowest BCUT2D eigenvalue weighted by atomic mass is 10.0. The highest BCUT2D eigenvalue weighted by atomic mass is 16.2. The summed E-state index contributed by atoms with van der Waals surface area (Å²) in [4.78, 5) is 13.2. The Morgan fingerprint density at radius 1 is 1.20 bits per heavy atom. The van der Waals surface area contributed by atoms with Crippen LogP contribution in [0.4, 0.5) is 10.5 Å². The summed E-state index contributed by atoms with van der Waals surface area (Å²) in [6, 6.07) is 4.08. The number of rotatable bonds is 1. The molecule has 0 aliphatic rings. The molecule has 0 saturated carbocycles. The molecule has 82 valence electrons. The summed E-state index contributed by atoms with van der Waals surface area (Å²) in [7, 11) is 3.42. The molecule has 2 amide bonds. The van der Waals surface area contributed by atoms with Crippen LogP contribution in [0.2, 0.25) is 0 Å². The molecule has 15 heavy (non-hydrogen) atoms. The number of anilines is 1. The van der Waals surface area contributed by atoms with Crippen LogP contribution in [-0.4, -0.2) is 20.1 Å². The largest absolute Gasteiger partial charge is 0.341 e. The number of urea groups is 1. The van der Waals surface area contributed by atoms with Crippen LogP contribution in [0, 0.1) is 20.8 Å². The summed E-state index contributed by atoms with van der Waals surface area (Å²) in [5.74, 6) is 0. The molecule has 0 spiro atoms. The van der Waals surface area contributed by atoms with Crippen molar-refractivity contribution in [3.63, 3.8) is 0 Å². The lowest BCUT2D eigenvalue weighted by Gasteiger charge is -2.21. The first-order valence-electron chi connectivity index (χ1n) is 5.00. The van der Waals surface area contributed by atoms with Crippen LogP contribution in [-0.2, 0) is 0 Å². The zero-order valence-corrected chi connectivity index (χ0v) is 10.0. The molecule has 0 aliphatic heterocycles. The first kappa shape index (κ1) is 11.6. The molecule has 1 N–H and O–H groups in total. The number of carbonyl (C=O) groups is 1. The van der Waals surface area contributed by atoms with Gasteiger partial charge in [-0.1, -0.05) is 17.7 Å². The minimum absolute atomic E-state index is 0.0925. The van der Waals surface area contributed by atoms with E-state index in [1.807, 2.05) is 13.8 Å². The molecule has 3 nitrogen and oxygen atoms in total. The molecule has 0 unspecified atom stereocenters. The Bertz CT molecular complexity index is 362. The van der Waals surface area contributed by atoms with Crippen molar-refractivity contribution in [2.75, 3.05) is 19.0 Å². The first-order chi connectivity index (χ1) is 6.97. The number of nitrogens with zero attached hydrogens (tertiary/aromatic N) is 1. The summed E-state index contributed by atoms with van der Waals surface area (Å²) >= 11 is 0. The van der Waals surface area contributed by atoms with Crippen LogP contribution in [0.25, 0.3) is 0 Å².